The van der Waals surface area contributed by atoms with Crippen molar-refractivity contribution in [1.29, 1.82) is 0 Å². The van der Waals surface area contributed by atoms with Gasteiger partial charge in [0, 0.05) is 24.4 Å². The summed E-state index contributed by atoms with van der Waals surface area (Å²) in [5.74, 6) is 0.600. The number of hydrogen-bond donors (Lipinski definition) is 0. The highest BCUT2D eigenvalue weighted by Crippen LogP contribution is 2.10. The lowest BCUT2D eigenvalue weighted by Crippen LogP contribution is -2.41. The van der Waals surface area contributed by atoms with Gasteiger partial charge in [-0.1, -0.05) is 24.3 Å². The fraction of sp³-hybridized carbons (Fsp3) is 0.294. The third-order valence-corrected chi connectivity index (χ3v) is 3.26. The predicted molar refractivity (Wildman–Crippen MR) is 82.3 cm³/mol. The Morgan fingerprint density at radius 3 is 2.52 bits per heavy atom. The predicted octanol–water partition coefficient (Wildman–Crippen LogP) is 3.01. The summed E-state index contributed by atoms with van der Waals surface area (Å²) in [6.45, 7) is 5.01. The first-order chi connectivity index (χ1) is 10.2. The molecule has 1 aromatic heterocycles. The van der Waals surface area contributed by atoms with Crippen LogP contribution in [0.15, 0.2) is 54.7 Å². The van der Waals surface area contributed by atoms with E-state index in [0.717, 1.165) is 0 Å². The number of pyridine rings is 1. The summed E-state index contributed by atoms with van der Waals surface area (Å²) in [5, 5.41) is 0. The number of ether oxygens (including phenoxy) is 1. The van der Waals surface area contributed by atoms with E-state index in [-0.39, 0.29) is 11.9 Å². The molecule has 0 saturated carbocycles. The number of likely N-dealkylation sites (N-methyl/N-ethyl adjacent to an activating group) is 1. The Kier molecular flexibility index (Phi) is 5.32. The molecule has 4 heteroatoms. The summed E-state index contributed by atoms with van der Waals surface area (Å²) >= 11 is 0. The SMILES string of the molecule is CCN(C(=O)c1ccccc1)[C@@H](C)COc1ccccn1. The summed E-state index contributed by atoms with van der Waals surface area (Å²) in [6.07, 6.45) is 1.69. The fourth-order valence-electron chi connectivity index (χ4n) is 2.13. The van der Waals surface area contributed by atoms with E-state index in [9.17, 15) is 4.79 Å². The number of nitrogens with zero attached hydrogens (tertiary/aromatic N) is 2. The first-order valence-electron chi connectivity index (χ1n) is 7.12. The van der Waals surface area contributed by atoms with Gasteiger partial charge < -0.3 is 9.64 Å². The number of amides is 1. The maximum atomic E-state index is 12.5. The van der Waals surface area contributed by atoms with Crippen LogP contribution in [0.4, 0.5) is 0 Å². The Hall–Kier alpha value is -2.36. The number of aromatic nitrogens is 1. The summed E-state index contributed by atoms with van der Waals surface area (Å²) in [4.78, 5) is 18.4. The van der Waals surface area contributed by atoms with Crippen molar-refractivity contribution in [3.05, 3.63) is 60.3 Å². The van der Waals surface area contributed by atoms with Crippen LogP contribution < -0.4 is 4.74 Å². The number of carbonyl (C=O) groups is 1. The van der Waals surface area contributed by atoms with Crippen molar-refractivity contribution in [3.63, 3.8) is 0 Å². The van der Waals surface area contributed by atoms with E-state index in [2.05, 4.69) is 4.98 Å². The van der Waals surface area contributed by atoms with Crippen molar-refractivity contribution in [2.45, 2.75) is 19.9 Å². The molecule has 0 aliphatic heterocycles. The molecule has 2 aromatic rings. The number of hydrogen-bond acceptors (Lipinski definition) is 3. The Morgan fingerprint density at radius 1 is 1.19 bits per heavy atom. The van der Waals surface area contributed by atoms with E-state index in [1.165, 1.54) is 0 Å². The summed E-state index contributed by atoms with van der Waals surface area (Å²) in [7, 11) is 0. The van der Waals surface area contributed by atoms with Crippen molar-refractivity contribution in [2.75, 3.05) is 13.2 Å². The average molecular weight is 284 g/mol. The molecule has 1 aromatic carbocycles. The van der Waals surface area contributed by atoms with Crippen LogP contribution in [-0.4, -0.2) is 35.0 Å². The Morgan fingerprint density at radius 2 is 1.90 bits per heavy atom. The van der Waals surface area contributed by atoms with Gasteiger partial charge in [0.15, 0.2) is 0 Å². The lowest BCUT2D eigenvalue weighted by molar-refractivity contribution is 0.0646. The van der Waals surface area contributed by atoms with Gasteiger partial charge in [0.2, 0.25) is 5.88 Å². The van der Waals surface area contributed by atoms with Crippen LogP contribution >= 0.6 is 0 Å². The minimum Gasteiger partial charge on any atom is -0.475 e. The molecule has 1 atom stereocenters. The standard InChI is InChI=1S/C17H20N2O2/c1-3-19(17(20)15-9-5-4-6-10-15)14(2)13-21-16-11-7-8-12-18-16/h4-12,14H,3,13H2,1-2H3/t14-/m0/s1. The highest BCUT2D eigenvalue weighted by atomic mass is 16.5. The molecule has 0 saturated heterocycles. The molecule has 0 spiro atoms. The van der Waals surface area contributed by atoms with E-state index >= 15 is 0 Å². The molecule has 0 aliphatic carbocycles. The number of rotatable bonds is 6. The van der Waals surface area contributed by atoms with Crippen LogP contribution in [0, 0.1) is 0 Å². The monoisotopic (exact) mass is 284 g/mol. The summed E-state index contributed by atoms with van der Waals surface area (Å²) in [6, 6.07) is 14.8. The maximum absolute atomic E-state index is 12.5. The number of carbonyl (C=O) groups excluding carboxylic acids is 1. The second-order valence-corrected chi connectivity index (χ2v) is 4.79. The van der Waals surface area contributed by atoms with Gasteiger partial charge in [-0.15, -0.1) is 0 Å². The Labute approximate surface area is 125 Å². The van der Waals surface area contributed by atoms with Crippen molar-refractivity contribution in [1.82, 2.24) is 9.88 Å². The molecule has 0 fully saturated rings. The molecule has 0 unspecified atom stereocenters. The van der Waals surface area contributed by atoms with E-state index in [1.54, 1.807) is 11.1 Å². The van der Waals surface area contributed by atoms with Crippen molar-refractivity contribution >= 4 is 5.91 Å². The van der Waals surface area contributed by atoms with E-state index in [1.807, 2.05) is 62.4 Å². The van der Waals surface area contributed by atoms with Crippen molar-refractivity contribution in [2.24, 2.45) is 0 Å². The van der Waals surface area contributed by atoms with E-state index in [4.69, 9.17) is 4.74 Å². The molecular weight excluding hydrogens is 264 g/mol. The molecule has 0 bridgehead atoms. The quantitative estimate of drug-likeness (QED) is 0.819. The van der Waals surface area contributed by atoms with Crippen LogP contribution in [-0.2, 0) is 0 Å². The molecule has 4 nitrogen and oxygen atoms in total. The lowest BCUT2D eigenvalue weighted by atomic mass is 10.1. The Bertz CT molecular complexity index is 558. The normalized spacial score (nSPS) is 11.7. The maximum Gasteiger partial charge on any atom is 0.254 e. The molecule has 0 N–H and O–H groups in total. The van der Waals surface area contributed by atoms with Gasteiger partial charge in [-0.2, -0.15) is 0 Å². The Balaban J connectivity index is 1.98. The van der Waals surface area contributed by atoms with Crippen LogP contribution in [0.5, 0.6) is 5.88 Å². The first-order valence-corrected chi connectivity index (χ1v) is 7.12. The molecule has 1 heterocycles. The smallest absolute Gasteiger partial charge is 0.254 e. The third-order valence-electron chi connectivity index (χ3n) is 3.26. The minimum atomic E-state index is -0.0234. The molecule has 21 heavy (non-hydrogen) atoms. The fourth-order valence-corrected chi connectivity index (χ4v) is 2.13. The zero-order chi connectivity index (χ0) is 15.1. The summed E-state index contributed by atoms with van der Waals surface area (Å²) in [5.41, 5.74) is 0.698. The highest BCUT2D eigenvalue weighted by Gasteiger charge is 2.20. The van der Waals surface area contributed by atoms with Crippen molar-refractivity contribution in [3.8, 4) is 5.88 Å². The third kappa shape index (κ3) is 4.05. The van der Waals surface area contributed by atoms with Crippen LogP contribution in [0.2, 0.25) is 0 Å². The van der Waals surface area contributed by atoms with E-state index in [0.29, 0.717) is 24.6 Å². The van der Waals surface area contributed by atoms with Gasteiger partial charge in [-0.3, -0.25) is 4.79 Å². The first kappa shape index (κ1) is 15.0. The minimum absolute atomic E-state index is 0.0234. The lowest BCUT2D eigenvalue weighted by Gasteiger charge is -2.28. The summed E-state index contributed by atoms with van der Waals surface area (Å²) < 4.78 is 5.63. The van der Waals surface area contributed by atoms with Gasteiger partial charge in [0.05, 0.1) is 6.04 Å². The molecule has 0 aliphatic rings. The largest absolute Gasteiger partial charge is 0.475 e. The number of benzene rings is 1. The highest BCUT2D eigenvalue weighted by molar-refractivity contribution is 5.94. The van der Waals surface area contributed by atoms with Crippen molar-refractivity contribution < 1.29 is 9.53 Å². The van der Waals surface area contributed by atoms with Crippen LogP contribution in [0.1, 0.15) is 24.2 Å². The average Bonchev–Trinajstić information content (AvgIpc) is 2.55. The van der Waals surface area contributed by atoms with Gasteiger partial charge in [-0.25, -0.2) is 4.98 Å². The van der Waals surface area contributed by atoms with Gasteiger partial charge >= 0.3 is 0 Å². The zero-order valence-electron chi connectivity index (χ0n) is 12.4. The van der Waals surface area contributed by atoms with Crippen LogP contribution in [0.25, 0.3) is 0 Å². The van der Waals surface area contributed by atoms with Gasteiger partial charge in [0.1, 0.15) is 6.61 Å². The topological polar surface area (TPSA) is 42.4 Å². The van der Waals surface area contributed by atoms with E-state index < -0.39 is 0 Å². The van der Waals surface area contributed by atoms with Crippen LogP contribution in [0.3, 0.4) is 0 Å². The second-order valence-electron chi connectivity index (χ2n) is 4.79. The second kappa shape index (κ2) is 7.43. The molecule has 2 rings (SSSR count). The molecule has 0 radical (unpaired) electrons. The zero-order valence-corrected chi connectivity index (χ0v) is 12.4. The molecular formula is C17H20N2O2. The molecule has 110 valence electrons. The van der Waals surface area contributed by atoms with Gasteiger partial charge in [0.25, 0.3) is 5.91 Å². The molecule has 1 amide bonds. The van der Waals surface area contributed by atoms with Gasteiger partial charge in [-0.05, 0) is 32.0 Å².